The summed E-state index contributed by atoms with van der Waals surface area (Å²) < 4.78 is 10.5. The van der Waals surface area contributed by atoms with Gasteiger partial charge in [-0.3, -0.25) is 4.79 Å². The molecule has 1 aromatic heterocycles. The zero-order chi connectivity index (χ0) is 17.6. The molecule has 1 amide bonds. The normalized spacial score (nSPS) is 13.2. The summed E-state index contributed by atoms with van der Waals surface area (Å²) >= 11 is 0. The molecule has 0 aliphatic carbocycles. The Bertz CT molecular complexity index is 677. The zero-order valence-electron chi connectivity index (χ0n) is 13.9. The van der Waals surface area contributed by atoms with Gasteiger partial charge in [0.1, 0.15) is 6.54 Å². The molecule has 0 saturated carbocycles. The van der Waals surface area contributed by atoms with E-state index in [1.165, 1.54) is 11.1 Å². The van der Waals surface area contributed by atoms with Gasteiger partial charge in [-0.1, -0.05) is 6.07 Å². The number of nitrogens with zero attached hydrogens (tertiary/aromatic N) is 4. The lowest BCUT2D eigenvalue weighted by Gasteiger charge is -2.29. The Hall–Kier alpha value is -2.68. The minimum Gasteiger partial charge on any atom is -0.493 e. The minimum absolute atomic E-state index is 0.0679. The molecule has 9 heteroatoms. The standard InChI is InChI=1S/C15H21N5O4/c1-15(9-21,18-14(22)8-20-17-10-16-19-20)7-11-4-5-12(23-2)13(6-11)24-3/h4-6,10,21H,7-9H2,1-3H3,(H,18,22). The summed E-state index contributed by atoms with van der Waals surface area (Å²) in [5, 5.41) is 23.5. The predicted molar refractivity (Wildman–Crippen MR) is 84.7 cm³/mol. The molecule has 130 valence electrons. The van der Waals surface area contributed by atoms with E-state index >= 15 is 0 Å². The number of aliphatic hydroxyl groups excluding tert-OH is 1. The first kappa shape index (κ1) is 17.7. The molecule has 0 radical (unpaired) electrons. The first-order chi connectivity index (χ1) is 11.5. The van der Waals surface area contributed by atoms with E-state index in [0.717, 1.165) is 5.56 Å². The Morgan fingerprint density at radius 1 is 1.33 bits per heavy atom. The van der Waals surface area contributed by atoms with Crippen LogP contribution >= 0.6 is 0 Å². The molecule has 2 aromatic rings. The van der Waals surface area contributed by atoms with Crippen LogP contribution in [0.4, 0.5) is 0 Å². The molecular weight excluding hydrogens is 314 g/mol. The lowest BCUT2D eigenvalue weighted by atomic mass is 9.93. The molecule has 1 aromatic carbocycles. The monoisotopic (exact) mass is 335 g/mol. The van der Waals surface area contributed by atoms with Crippen molar-refractivity contribution in [3.8, 4) is 11.5 Å². The van der Waals surface area contributed by atoms with Crippen molar-refractivity contribution < 1.29 is 19.4 Å². The number of ether oxygens (including phenoxy) is 2. The van der Waals surface area contributed by atoms with Crippen LogP contribution in [0, 0.1) is 0 Å². The highest BCUT2D eigenvalue weighted by Crippen LogP contribution is 2.29. The van der Waals surface area contributed by atoms with Gasteiger partial charge < -0.3 is 19.9 Å². The SMILES string of the molecule is COc1ccc(CC(C)(CO)NC(=O)Cn2ncnn2)cc1OC. The summed E-state index contributed by atoms with van der Waals surface area (Å²) in [6, 6.07) is 5.46. The maximum absolute atomic E-state index is 12.1. The number of methoxy groups -OCH3 is 2. The molecule has 2 N–H and O–H groups in total. The molecule has 9 nitrogen and oxygen atoms in total. The second kappa shape index (κ2) is 7.73. The molecule has 0 aliphatic rings. The number of hydrogen-bond donors (Lipinski definition) is 2. The second-order valence-electron chi connectivity index (χ2n) is 5.60. The van der Waals surface area contributed by atoms with Crippen LogP contribution in [-0.2, 0) is 17.8 Å². The van der Waals surface area contributed by atoms with E-state index in [9.17, 15) is 9.90 Å². The van der Waals surface area contributed by atoms with E-state index in [-0.39, 0.29) is 19.1 Å². The van der Waals surface area contributed by atoms with Crippen LogP contribution in [0.5, 0.6) is 11.5 Å². The Labute approximate surface area is 139 Å². The molecule has 0 spiro atoms. The van der Waals surface area contributed by atoms with E-state index in [4.69, 9.17) is 9.47 Å². The lowest BCUT2D eigenvalue weighted by Crippen LogP contribution is -2.51. The van der Waals surface area contributed by atoms with Crippen molar-refractivity contribution >= 4 is 5.91 Å². The first-order valence-electron chi connectivity index (χ1n) is 7.33. The van der Waals surface area contributed by atoms with Gasteiger partial charge in [0.25, 0.3) is 0 Å². The number of carbonyl (C=O) groups excluding carboxylic acids is 1. The van der Waals surface area contributed by atoms with Crippen molar-refractivity contribution in [1.29, 1.82) is 0 Å². The van der Waals surface area contributed by atoms with Gasteiger partial charge in [0.2, 0.25) is 5.91 Å². The Morgan fingerprint density at radius 2 is 2.08 bits per heavy atom. The summed E-state index contributed by atoms with van der Waals surface area (Å²) in [6.45, 7) is 1.47. The molecule has 24 heavy (non-hydrogen) atoms. The maximum atomic E-state index is 12.1. The summed E-state index contributed by atoms with van der Waals surface area (Å²) in [5.41, 5.74) is 0.0560. The van der Waals surface area contributed by atoms with Gasteiger partial charge in [-0.25, -0.2) is 0 Å². The number of hydrogen-bond acceptors (Lipinski definition) is 7. The van der Waals surface area contributed by atoms with Crippen molar-refractivity contribution in [1.82, 2.24) is 25.5 Å². The van der Waals surface area contributed by atoms with E-state index in [0.29, 0.717) is 17.9 Å². The number of nitrogens with one attached hydrogen (secondary N) is 1. The van der Waals surface area contributed by atoms with Crippen molar-refractivity contribution in [2.75, 3.05) is 20.8 Å². The van der Waals surface area contributed by atoms with Gasteiger partial charge in [-0.05, 0) is 36.3 Å². The Balaban J connectivity index is 2.07. The van der Waals surface area contributed by atoms with E-state index in [1.807, 2.05) is 12.1 Å². The fourth-order valence-electron chi connectivity index (χ4n) is 2.35. The van der Waals surface area contributed by atoms with E-state index in [2.05, 4.69) is 20.7 Å². The molecule has 1 unspecified atom stereocenters. The predicted octanol–water partition coefficient (Wildman–Crippen LogP) is -0.200. The minimum atomic E-state index is -0.836. The van der Waals surface area contributed by atoms with Crippen LogP contribution in [0.2, 0.25) is 0 Å². The van der Waals surface area contributed by atoms with Crippen LogP contribution in [0.3, 0.4) is 0 Å². The Morgan fingerprint density at radius 3 is 2.67 bits per heavy atom. The highest BCUT2D eigenvalue weighted by atomic mass is 16.5. The van der Waals surface area contributed by atoms with Crippen LogP contribution < -0.4 is 14.8 Å². The smallest absolute Gasteiger partial charge is 0.244 e. The number of tetrazole rings is 1. The van der Waals surface area contributed by atoms with Crippen molar-refractivity contribution in [3.05, 3.63) is 30.1 Å². The molecule has 0 saturated heterocycles. The average molecular weight is 335 g/mol. The third kappa shape index (κ3) is 4.42. The second-order valence-corrected chi connectivity index (χ2v) is 5.60. The quantitative estimate of drug-likeness (QED) is 0.687. The third-order valence-corrected chi connectivity index (χ3v) is 3.51. The molecule has 0 aliphatic heterocycles. The van der Waals surface area contributed by atoms with E-state index in [1.54, 1.807) is 27.2 Å². The Kier molecular flexibility index (Phi) is 5.69. The maximum Gasteiger partial charge on any atom is 0.244 e. The van der Waals surface area contributed by atoms with Crippen LogP contribution in [0.15, 0.2) is 24.5 Å². The zero-order valence-corrected chi connectivity index (χ0v) is 13.9. The fraction of sp³-hybridized carbons (Fsp3) is 0.467. The number of carbonyl (C=O) groups is 1. The average Bonchev–Trinajstić information content (AvgIpc) is 3.07. The molecule has 1 heterocycles. The summed E-state index contributed by atoms with van der Waals surface area (Å²) in [4.78, 5) is 13.3. The molecule has 0 fully saturated rings. The largest absolute Gasteiger partial charge is 0.493 e. The molecule has 1 atom stereocenters. The third-order valence-electron chi connectivity index (χ3n) is 3.51. The van der Waals surface area contributed by atoms with Gasteiger partial charge in [-0.2, -0.15) is 4.80 Å². The van der Waals surface area contributed by atoms with Crippen molar-refractivity contribution in [2.24, 2.45) is 0 Å². The molecule has 2 rings (SSSR count). The van der Waals surface area contributed by atoms with Crippen LogP contribution in [0.1, 0.15) is 12.5 Å². The van der Waals surface area contributed by atoms with Gasteiger partial charge in [0.05, 0.1) is 26.4 Å². The van der Waals surface area contributed by atoms with Gasteiger partial charge in [0, 0.05) is 0 Å². The number of benzene rings is 1. The van der Waals surface area contributed by atoms with Crippen LogP contribution in [-0.4, -0.2) is 57.6 Å². The highest BCUT2D eigenvalue weighted by Gasteiger charge is 2.27. The van der Waals surface area contributed by atoms with Crippen molar-refractivity contribution in [2.45, 2.75) is 25.4 Å². The molecule has 0 bridgehead atoms. The number of rotatable bonds is 8. The van der Waals surface area contributed by atoms with Gasteiger partial charge in [-0.15, -0.1) is 10.2 Å². The number of aromatic nitrogens is 4. The summed E-state index contributed by atoms with van der Waals surface area (Å²) in [5.74, 6) is 0.895. The number of amides is 1. The summed E-state index contributed by atoms with van der Waals surface area (Å²) in [6.07, 6.45) is 1.67. The van der Waals surface area contributed by atoms with Gasteiger partial charge >= 0.3 is 0 Å². The van der Waals surface area contributed by atoms with E-state index < -0.39 is 5.54 Å². The lowest BCUT2D eigenvalue weighted by molar-refractivity contribution is -0.124. The summed E-state index contributed by atoms with van der Waals surface area (Å²) in [7, 11) is 3.12. The number of aliphatic hydroxyl groups is 1. The van der Waals surface area contributed by atoms with Gasteiger partial charge in [0.15, 0.2) is 17.8 Å². The topological polar surface area (TPSA) is 111 Å². The molecular formula is C15H21N5O4. The first-order valence-corrected chi connectivity index (χ1v) is 7.33. The van der Waals surface area contributed by atoms with Crippen molar-refractivity contribution in [3.63, 3.8) is 0 Å². The highest BCUT2D eigenvalue weighted by molar-refractivity contribution is 5.76. The fourth-order valence-corrected chi connectivity index (χ4v) is 2.35. The van der Waals surface area contributed by atoms with Crippen LogP contribution in [0.25, 0.3) is 0 Å².